The topological polar surface area (TPSA) is 130 Å². The van der Waals surface area contributed by atoms with Crippen LogP contribution in [-0.4, -0.2) is 73.5 Å². The van der Waals surface area contributed by atoms with Crippen LogP contribution in [0.3, 0.4) is 0 Å². The molecule has 0 aromatic carbocycles. The third kappa shape index (κ3) is 4.37. The molecule has 0 spiro atoms. The summed E-state index contributed by atoms with van der Waals surface area (Å²) < 4.78 is 7.58. The highest BCUT2D eigenvalue weighted by molar-refractivity contribution is 6.10. The zero-order valence-corrected chi connectivity index (χ0v) is 21.5. The third-order valence-electron chi connectivity index (χ3n) is 6.88. The van der Waals surface area contributed by atoms with Crippen molar-refractivity contribution in [3.63, 3.8) is 0 Å². The fourth-order valence-corrected chi connectivity index (χ4v) is 4.56. The van der Waals surface area contributed by atoms with Crippen LogP contribution in [0.4, 0.5) is 16.4 Å². The fourth-order valence-electron chi connectivity index (χ4n) is 4.56. The summed E-state index contributed by atoms with van der Waals surface area (Å²) in [5, 5.41) is 18.0. The maximum absolute atomic E-state index is 13.7. The quantitative estimate of drug-likeness (QED) is 0.536. The maximum Gasteiger partial charge on any atom is 0.407 e. The van der Waals surface area contributed by atoms with Crippen LogP contribution in [0, 0.1) is 0 Å². The van der Waals surface area contributed by atoms with Crippen LogP contribution in [0.15, 0.2) is 24.3 Å². The van der Waals surface area contributed by atoms with Crippen LogP contribution in [0.2, 0.25) is 0 Å². The molecule has 1 unspecified atom stereocenters. The standard InChI is InChI=1S/C25H30N8O4/c1-14(2)31(5)21-9-16-17(19(27-21)11-30(4)25(35)36)10-32(24(16)34)20-8-6-7-18(26-20)23-29-28-22-13-37-12-15(3)33(22)23/h6-9,14-15H,10-13H2,1-5H3,(H,35,36). The van der Waals surface area contributed by atoms with Crippen molar-refractivity contribution in [2.45, 2.75) is 52.6 Å². The Morgan fingerprint density at radius 3 is 2.76 bits per heavy atom. The Morgan fingerprint density at radius 2 is 2.03 bits per heavy atom. The number of carbonyl (C=O) groups is 2. The number of nitrogens with zero attached hydrogens (tertiary/aromatic N) is 8. The van der Waals surface area contributed by atoms with E-state index in [1.165, 1.54) is 7.05 Å². The molecule has 37 heavy (non-hydrogen) atoms. The number of hydrogen-bond acceptors (Lipinski definition) is 8. The van der Waals surface area contributed by atoms with Gasteiger partial charge in [0.25, 0.3) is 5.91 Å². The summed E-state index contributed by atoms with van der Waals surface area (Å²) in [7, 11) is 3.39. The summed E-state index contributed by atoms with van der Waals surface area (Å²) in [6.07, 6.45) is -1.06. The first-order chi connectivity index (χ1) is 17.7. The third-order valence-corrected chi connectivity index (χ3v) is 6.88. The number of carboxylic acid groups (broad SMARTS) is 1. The Balaban J connectivity index is 1.53. The number of rotatable bonds is 6. The van der Waals surface area contributed by atoms with Crippen molar-refractivity contribution < 1.29 is 19.4 Å². The Hall–Kier alpha value is -4.06. The molecule has 5 rings (SSSR count). The maximum atomic E-state index is 13.7. The van der Waals surface area contributed by atoms with Gasteiger partial charge in [0, 0.05) is 25.7 Å². The first-order valence-electron chi connectivity index (χ1n) is 12.2. The number of carbonyl (C=O) groups excluding carboxylic acids is 1. The Labute approximate surface area is 214 Å². The summed E-state index contributed by atoms with van der Waals surface area (Å²) in [4.78, 5) is 39.4. The first kappa shape index (κ1) is 24.6. The Kier molecular flexibility index (Phi) is 6.28. The van der Waals surface area contributed by atoms with Crippen LogP contribution < -0.4 is 9.80 Å². The lowest BCUT2D eigenvalue weighted by Crippen LogP contribution is -2.29. The van der Waals surface area contributed by atoms with Gasteiger partial charge in [-0.3, -0.25) is 9.69 Å². The fraction of sp³-hybridized carbons (Fsp3) is 0.440. The molecule has 0 radical (unpaired) electrons. The van der Waals surface area contributed by atoms with Gasteiger partial charge in [0.1, 0.15) is 23.9 Å². The van der Waals surface area contributed by atoms with E-state index in [0.29, 0.717) is 53.2 Å². The lowest BCUT2D eigenvalue weighted by atomic mass is 10.1. The van der Waals surface area contributed by atoms with Gasteiger partial charge in [0.05, 0.1) is 37.0 Å². The molecule has 0 aliphatic carbocycles. The number of amides is 2. The molecule has 2 amide bonds. The van der Waals surface area contributed by atoms with Crippen molar-refractivity contribution in [1.82, 2.24) is 29.6 Å². The van der Waals surface area contributed by atoms with Crippen LogP contribution >= 0.6 is 0 Å². The molecule has 2 aliphatic heterocycles. The summed E-state index contributed by atoms with van der Waals surface area (Å²) in [5.74, 6) is 2.26. The number of pyridine rings is 2. The van der Waals surface area contributed by atoms with E-state index in [0.717, 1.165) is 10.7 Å². The zero-order chi connectivity index (χ0) is 26.4. The van der Waals surface area contributed by atoms with Crippen LogP contribution in [0.25, 0.3) is 11.5 Å². The lowest BCUT2D eigenvalue weighted by molar-refractivity contribution is 0.0609. The number of anilines is 2. The van der Waals surface area contributed by atoms with Crippen molar-refractivity contribution in [3.8, 4) is 11.5 Å². The molecule has 12 heteroatoms. The van der Waals surface area contributed by atoms with Gasteiger partial charge in [-0.15, -0.1) is 10.2 Å². The molecule has 3 aromatic heterocycles. The summed E-state index contributed by atoms with van der Waals surface area (Å²) in [5.41, 5.74) is 2.37. The van der Waals surface area contributed by atoms with Crippen molar-refractivity contribution >= 4 is 23.6 Å². The molecule has 1 N–H and O–H groups in total. The van der Waals surface area contributed by atoms with Gasteiger partial charge in [-0.2, -0.15) is 0 Å². The molecular formula is C25H30N8O4. The molecule has 3 aromatic rings. The molecule has 12 nitrogen and oxygen atoms in total. The predicted octanol–water partition coefficient (Wildman–Crippen LogP) is 2.94. The Morgan fingerprint density at radius 1 is 1.24 bits per heavy atom. The molecule has 0 saturated heterocycles. The van der Waals surface area contributed by atoms with Gasteiger partial charge in [-0.25, -0.2) is 14.8 Å². The minimum Gasteiger partial charge on any atom is -0.465 e. The van der Waals surface area contributed by atoms with Gasteiger partial charge < -0.3 is 24.2 Å². The summed E-state index contributed by atoms with van der Waals surface area (Å²) in [6.45, 7) is 7.35. The van der Waals surface area contributed by atoms with E-state index in [4.69, 9.17) is 14.7 Å². The molecule has 5 heterocycles. The van der Waals surface area contributed by atoms with Crippen LogP contribution in [-0.2, 0) is 24.4 Å². The summed E-state index contributed by atoms with van der Waals surface area (Å²) >= 11 is 0. The van der Waals surface area contributed by atoms with Crippen LogP contribution in [0.1, 0.15) is 54.3 Å². The average Bonchev–Trinajstić information content (AvgIpc) is 3.46. The van der Waals surface area contributed by atoms with Gasteiger partial charge in [-0.05, 0) is 39.0 Å². The van der Waals surface area contributed by atoms with Gasteiger partial charge in [0.2, 0.25) is 0 Å². The molecule has 0 saturated carbocycles. The summed E-state index contributed by atoms with van der Waals surface area (Å²) in [6, 6.07) is 7.46. The molecule has 0 bridgehead atoms. The lowest BCUT2D eigenvalue weighted by Gasteiger charge is -2.24. The molecule has 194 valence electrons. The van der Waals surface area contributed by atoms with Gasteiger partial charge >= 0.3 is 6.09 Å². The predicted molar refractivity (Wildman–Crippen MR) is 135 cm³/mol. The second-order valence-electron chi connectivity index (χ2n) is 9.74. The second-order valence-corrected chi connectivity index (χ2v) is 9.74. The number of aromatic nitrogens is 5. The smallest absolute Gasteiger partial charge is 0.407 e. The molecule has 0 fully saturated rings. The van der Waals surface area contributed by atoms with E-state index in [2.05, 4.69) is 10.2 Å². The minimum atomic E-state index is -1.06. The van der Waals surface area contributed by atoms with Gasteiger partial charge in [-0.1, -0.05) is 6.07 Å². The second kappa shape index (κ2) is 9.43. The average molecular weight is 507 g/mol. The Bertz CT molecular complexity index is 1370. The SMILES string of the molecule is CC(C)N(C)c1cc2c(c(CN(C)C(=O)O)n1)CN(c1cccc(-c3nnc4n3C(C)COC4)n1)C2=O. The van der Waals surface area contributed by atoms with E-state index < -0.39 is 6.09 Å². The molecular weight excluding hydrogens is 476 g/mol. The van der Waals surface area contributed by atoms with Crippen molar-refractivity contribution in [1.29, 1.82) is 0 Å². The normalized spacial score (nSPS) is 16.6. The highest BCUT2D eigenvalue weighted by Gasteiger charge is 2.34. The first-order valence-corrected chi connectivity index (χ1v) is 12.2. The van der Waals surface area contributed by atoms with Crippen LogP contribution in [0.5, 0.6) is 0 Å². The number of hydrogen-bond donors (Lipinski definition) is 1. The highest BCUT2D eigenvalue weighted by atomic mass is 16.5. The largest absolute Gasteiger partial charge is 0.465 e. The van der Waals surface area contributed by atoms with E-state index in [1.807, 2.05) is 49.4 Å². The number of fused-ring (bicyclic) bond motifs is 2. The van der Waals surface area contributed by atoms with E-state index in [1.54, 1.807) is 17.0 Å². The minimum absolute atomic E-state index is 0.0631. The van der Waals surface area contributed by atoms with Gasteiger partial charge in [0.15, 0.2) is 11.6 Å². The van der Waals surface area contributed by atoms with Crippen molar-refractivity contribution in [2.75, 3.05) is 30.5 Å². The number of ether oxygens (including phenoxy) is 1. The van der Waals surface area contributed by atoms with Crippen molar-refractivity contribution in [2.24, 2.45) is 0 Å². The molecule has 1 atom stereocenters. The molecule has 2 aliphatic rings. The van der Waals surface area contributed by atoms with Crippen molar-refractivity contribution in [3.05, 3.63) is 46.9 Å². The zero-order valence-electron chi connectivity index (χ0n) is 21.5. The highest BCUT2D eigenvalue weighted by Crippen LogP contribution is 2.33. The van der Waals surface area contributed by atoms with E-state index in [9.17, 15) is 14.7 Å². The monoisotopic (exact) mass is 506 g/mol. The van der Waals surface area contributed by atoms with E-state index in [-0.39, 0.29) is 31.1 Å². The van der Waals surface area contributed by atoms with E-state index >= 15 is 0 Å².